The van der Waals surface area contributed by atoms with Crippen LogP contribution in [-0.4, -0.2) is 34.4 Å². The molecule has 0 spiro atoms. The molecule has 1 amide bonds. The van der Waals surface area contributed by atoms with Crippen molar-refractivity contribution in [3.8, 4) is 11.5 Å². The number of aromatic nitrogens is 3. The van der Waals surface area contributed by atoms with Crippen molar-refractivity contribution in [1.29, 1.82) is 0 Å². The summed E-state index contributed by atoms with van der Waals surface area (Å²) in [5, 5.41) is 5.18. The highest BCUT2D eigenvalue weighted by Gasteiger charge is 2.25. The highest BCUT2D eigenvalue weighted by atomic mass is 16.5. The van der Waals surface area contributed by atoms with Crippen molar-refractivity contribution in [2.24, 2.45) is 5.73 Å². The van der Waals surface area contributed by atoms with Gasteiger partial charge in [-0.1, -0.05) is 0 Å². The fourth-order valence-electron chi connectivity index (χ4n) is 2.93. The molecular formula is C17H15N4O3. The lowest BCUT2D eigenvalue weighted by atomic mass is 9.99. The lowest BCUT2D eigenvalue weighted by Gasteiger charge is -2.26. The van der Waals surface area contributed by atoms with Crippen LogP contribution in [0.5, 0.6) is 11.5 Å². The molecule has 1 atom stereocenters. The number of pyridine rings is 1. The summed E-state index contributed by atoms with van der Waals surface area (Å²) in [4.78, 5) is 15.6. The van der Waals surface area contributed by atoms with Crippen LogP contribution in [0.15, 0.2) is 30.6 Å². The van der Waals surface area contributed by atoms with E-state index in [9.17, 15) is 4.79 Å². The Morgan fingerprint density at radius 1 is 1.50 bits per heavy atom. The van der Waals surface area contributed by atoms with E-state index in [0.717, 1.165) is 28.0 Å². The first-order chi connectivity index (χ1) is 11.7. The summed E-state index contributed by atoms with van der Waals surface area (Å²) in [7, 11) is 1.63. The van der Waals surface area contributed by atoms with E-state index in [1.54, 1.807) is 24.2 Å². The number of ether oxygens (including phenoxy) is 2. The van der Waals surface area contributed by atoms with Crippen molar-refractivity contribution in [2.45, 2.75) is 12.5 Å². The number of carbonyl (C=O) groups is 1. The van der Waals surface area contributed by atoms with Crippen molar-refractivity contribution in [1.82, 2.24) is 14.8 Å². The van der Waals surface area contributed by atoms with Crippen molar-refractivity contribution in [3.05, 3.63) is 47.9 Å². The minimum absolute atomic E-state index is 0.0429. The van der Waals surface area contributed by atoms with Gasteiger partial charge in [-0.15, -0.1) is 0 Å². The van der Waals surface area contributed by atoms with E-state index >= 15 is 0 Å². The van der Waals surface area contributed by atoms with E-state index in [4.69, 9.17) is 15.2 Å². The van der Waals surface area contributed by atoms with E-state index in [1.165, 1.54) is 0 Å². The molecule has 4 rings (SSSR count). The van der Waals surface area contributed by atoms with Crippen LogP contribution in [-0.2, 0) is 6.42 Å². The highest BCUT2D eigenvalue weighted by molar-refractivity contribution is 5.90. The molecule has 24 heavy (non-hydrogen) atoms. The van der Waals surface area contributed by atoms with Gasteiger partial charge in [-0.3, -0.25) is 14.5 Å². The number of amides is 1. The minimum Gasteiger partial charge on any atom is -0.497 e. The van der Waals surface area contributed by atoms with Gasteiger partial charge in [0.1, 0.15) is 18.1 Å². The maximum atomic E-state index is 11.2. The second-order valence-corrected chi connectivity index (χ2v) is 5.62. The third kappa shape index (κ3) is 2.34. The van der Waals surface area contributed by atoms with Crippen LogP contribution in [0.4, 0.5) is 0 Å². The van der Waals surface area contributed by atoms with E-state index in [1.807, 2.05) is 18.2 Å². The fraction of sp³-hybridized carbons (Fsp3) is 0.235. The fourth-order valence-corrected chi connectivity index (χ4v) is 2.93. The Hall–Kier alpha value is -3.09. The number of nitrogens with zero attached hydrogens (tertiary/aromatic N) is 3. The largest absolute Gasteiger partial charge is 0.497 e. The van der Waals surface area contributed by atoms with Crippen molar-refractivity contribution in [3.63, 3.8) is 0 Å². The van der Waals surface area contributed by atoms with Gasteiger partial charge in [0.15, 0.2) is 5.69 Å². The molecule has 1 unspecified atom stereocenters. The first kappa shape index (κ1) is 14.5. The average Bonchev–Trinajstić information content (AvgIpc) is 3.11. The third-order valence-corrected chi connectivity index (χ3v) is 4.17. The lowest BCUT2D eigenvalue weighted by molar-refractivity contribution is 0.0993. The molecule has 3 heterocycles. The second kappa shape index (κ2) is 5.52. The molecule has 2 aromatic heterocycles. The zero-order chi connectivity index (χ0) is 16.7. The summed E-state index contributed by atoms with van der Waals surface area (Å²) >= 11 is 0. The Morgan fingerprint density at radius 3 is 3.12 bits per heavy atom. The van der Waals surface area contributed by atoms with Gasteiger partial charge in [-0.2, -0.15) is 5.10 Å². The van der Waals surface area contributed by atoms with Crippen LogP contribution in [0.2, 0.25) is 0 Å². The lowest BCUT2D eigenvalue weighted by Crippen LogP contribution is -2.25. The van der Waals surface area contributed by atoms with Crippen molar-refractivity contribution >= 4 is 16.8 Å². The molecule has 0 saturated carbocycles. The van der Waals surface area contributed by atoms with E-state index < -0.39 is 5.91 Å². The molecule has 2 N–H and O–H groups in total. The molecule has 7 heteroatoms. The van der Waals surface area contributed by atoms with Crippen LogP contribution in [0.3, 0.4) is 0 Å². The van der Waals surface area contributed by atoms with E-state index in [0.29, 0.717) is 13.0 Å². The summed E-state index contributed by atoms with van der Waals surface area (Å²) in [6.07, 6.45) is 4.07. The van der Waals surface area contributed by atoms with Gasteiger partial charge in [-0.05, 0) is 18.2 Å². The number of primary amides is 1. The zero-order valence-electron chi connectivity index (χ0n) is 13.0. The minimum atomic E-state index is -0.592. The normalized spacial score (nSPS) is 16.5. The van der Waals surface area contributed by atoms with Gasteiger partial charge in [0.25, 0.3) is 5.91 Å². The predicted octanol–water partition coefficient (Wildman–Crippen LogP) is 1.52. The van der Waals surface area contributed by atoms with Crippen LogP contribution < -0.4 is 15.2 Å². The summed E-state index contributed by atoms with van der Waals surface area (Å²) in [6, 6.07) is 8.48. The topological polar surface area (TPSA) is 92.3 Å². The maximum absolute atomic E-state index is 11.2. The molecule has 1 radical (unpaired) electrons. The molecule has 0 bridgehead atoms. The molecule has 1 aliphatic heterocycles. The van der Waals surface area contributed by atoms with Crippen molar-refractivity contribution in [2.75, 3.05) is 13.7 Å². The monoisotopic (exact) mass is 323 g/mol. The number of methoxy groups -OCH3 is 1. The number of hydrogen-bond donors (Lipinski definition) is 1. The van der Waals surface area contributed by atoms with Gasteiger partial charge in [-0.25, -0.2) is 0 Å². The van der Waals surface area contributed by atoms with Gasteiger partial charge in [0, 0.05) is 29.6 Å². The van der Waals surface area contributed by atoms with E-state index in [2.05, 4.69) is 16.1 Å². The molecule has 0 saturated heterocycles. The van der Waals surface area contributed by atoms with Gasteiger partial charge >= 0.3 is 0 Å². The molecule has 3 aromatic rings. The van der Waals surface area contributed by atoms with E-state index in [-0.39, 0.29) is 11.7 Å². The van der Waals surface area contributed by atoms with Crippen molar-refractivity contribution < 1.29 is 14.3 Å². The molecule has 121 valence electrons. The highest BCUT2D eigenvalue weighted by Crippen LogP contribution is 2.35. The average molecular weight is 323 g/mol. The molecule has 0 fully saturated rings. The first-order valence-corrected chi connectivity index (χ1v) is 7.51. The van der Waals surface area contributed by atoms with Crippen LogP contribution >= 0.6 is 0 Å². The van der Waals surface area contributed by atoms with Gasteiger partial charge < -0.3 is 15.2 Å². The van der Waals surface area contributed by atoms with Crippen LogP contribution in [0.1, 0.15) is 22.1 Å². The number of fused-ring (bicyclic) bond motifs is 3. The number of nitrogens with two attached hydrogens (primary N) is 1. The predicted molar refractivity (Wildman–Crippen MR) is 86.1 cm³/mol. The van der Waals surface area contributed by atoms with Crippen LogP contribution in [0.25, 0.3) is 10.9 Å². The standard InChI is InChI=1S/C17H15N4O3/c1-23-11-2-3-14-12(7-11)13-6-10(9-24-16(13)8-19-14)21-5-4-15(20-21)17(18)22/h2-3,5,7-8,10H,6,9H2,1H3,(H2,18,22). The molecule has 1 aromatic carbocycles. The zero-order valence-corrected chi connectivity index (χ0v) is 13.0. The second-order valence-electron chi connectivity index (χ2n) is 5.62. The summed E-state index contributed by atoms with van der Waals surface area (Å²) in [5.74, 6) is 0.937. The Labute approximate surface area is 138 Å². The van der Waals surface area contributed by atoms with Gasteiger partial charge in [0.05, 0.1) is 24.9 Å². The third-order valence-electron chi connectivity index (χ3n) is 4.17. The quantitative estimate of drug-likeness (QED) is 0.789. The Morgan fingerprint density at radius 2 is 2.38 bits per heavy atom. The Balaban J connectivity index is 1.74. The number of benzene rings is 1. The molecule has 7 nitrogen and oxygen atoms in total. The molecule has 1 aliphatic rings. The summed E-state index contributed by atoms with van der Waals surface area (Å²) in [5.41, 5.74) is 7.29. The number of hydrogen-bond acceptors (Lipinski definition) is 5. The molecular weight excluding hydrogens is 308 g/mol. The van der Waals surface area contributed by atoms with Gasteiger partial charge in [0.2, 0.25) is 0 Å². The SMILES string of the molecule is COc1ccc2ncc3c(c2c1)CC(n1c[c]c(C(N)=O)n1)CO3. The Kier molecular flexibility index (Phi) is 3.34. The first-order valence-electron chi connectivity index (χ1n) is 7.51. The number of rotatable bonds is 3. The Bertz CT molecular complexity index is 929. The smallest absolute Gasteiger partial charge is 0.269 e. The van der Waals surface area contributed by atoms with Crippen LogP contribution in [0, 0.1) is 6.07 Å². The number of carbonyl (C=O) groups excluding carboxylic acids is 1. The molecule has 0 aliphatic carbocycles. The summed E-state index contributed by atoms with van der Waals surface area (Å²) < 4.78 is 12.8. The maximum Gasteiger partial charge on any atom is 0.269 e. The summed E-state index contributed by atoms with van der Waals surface area (Å²) in [6.45, 7) is 0.442.